The van der Waals surface area contributed by atoms with Gasteiger partial charge in [0.25, 0.3) is 0 Å². The van der Waals surface area contributed by atoms with E-state index in [0.29, 0.717) is 29.8 Å². The molecule has 1 aliphatic heterocycles. The number of nitrogens with one attached hydrogen (secondary N) is 2. The lowest BCUT2D eigenvalue weighted by molar-refractivity contribution is 0.114. The number of hydrazone groups is 1. The third-order valence-corrected chi connectivity index (χ3v) is 3.78. The molecule has 7 heteroatoms. The van der Waals surface area contributed by atoms with Gasteiger partial charge < -0.3 is 19.5 Å². The van der Waals surface area contributed by atoms with Crippen molar-refractivity contribution < 1.29 is 14.2 Å². The molecule has 0 spiro atoms. The molecular formula is C17H25N3O3S. The van der Waals surface area contributed by atoms with E-state index in [1.807, 2.05) is 18.2 Å². The zero-order chi connectivity index (χ0) is 17.2. The summed E-state index contributed by atoms with van der Waals surface area (Å²) in [6.07, 6.45) is 5.07. The van der Waals surface area contributed by atoms with Gasteiger partial charge in [0.1, 0.15) is 0 Å². The smallest absolute Gasteiger partial charge is 0.187 e. The summed E-state index contributed by atoms with van der Waals surface area (Å²) in [5.41, 5.74) is 3.71. The Labute approximate surface area is 148 Å². The first-order valence-electron chi connectivity index (χ1n) is 8.22. The Morgan fingerprint density at radius 2 is 2.33 bits per heavy atom. The highest BCUT2D eigenvalue weighted by Gasteiger charge is 2.15. The Morgan fingerprint density at radius 1 is 1.46 bits per heavy atom. The lowest BCUT2D eigenvalue weighted by Gasteiger charge is -2.12. The van der Waals surface area contributed by atoms with Crippen molar-refractivity contribution in [3.05, 3.63) is 23.8 Å². The summed E-state index contributed by atoms with van der Waals surface area (Å²) in [6, 6.07) is 5.66. The minimum absolute atomic E-state index is 0.244. The molecule has 24 heavy (non-hydrogen) atoms. The maximum atomic E-state index is 5.68. The van der Waals surface area contributed by atoms with E-state index in [1.165, 1.54) is 0 Å². The van der Waals surface area contributed by atoms with Crippen LogP contribution in [0.3, 0.4) is 0 Å². The Bertz CT molecular complexity index is 560. The van der Waals surface area contributed by atoms with Crippen LogP contribution in [0.25, 0.3) is 0 Å². The first-order valence-corrected chi connectivity index (χ1v) is 8.63. The number of ether oxygens (including phenoxy) is 3. The fraction of sp³-hybridized carbons (Fsp3) is 0.529. The van der Waals surface area contributed by atoms with Crippen molar-refractivity contribution in [2.24, 2.45) is 5.10 Å². The molecule has 0 saturated carbocycles. The van der Waals surface area contributed by atoms with Gasteiger partial charge in [-0.05, 0) is 55.2 Å². The molecule has 0 amide bonds. The van der Waals surface area contributed by atoms with Gasteiger partial charge in [-0.3, -0.25) is 5.43 Å². The standard InChI is InChI=1S/C17H25N3O3S/c1-3-8-23-16-10-13(6-7-15(16)21-2)11-19-20-17(24)18-12-14-5-4-9-22-14/h6-7,10-11,14H,3-5,8-9,12H2,1-2H3,(H2,18,20,24)/b19-11-/t14-/m0/s1. The van der Waals surface area contributed by atoms with Crippen LogP contribution in [0.5, 0.6) is 11.5 Å². The van der Waals surface area contributed by atoms with E-state index < -0.39 is 0 Å². The number of hydrogen-bond acceptors (Lipinski definition) is 5. The topological polar surface area (TPSA) is 64.1 Å². The molecule has 1 atom stereocenters. The molecule has 0 radical (unpaired) electrons. The van der Waals surface area contributed by atoms with Gasteiger partial charge in [0.2, 0.25) is 0 Å². The molecule has 1 heterocycles. The molecule has 2 rings (SSSR count). The predicted molar refractivity (Wildman–Crippen MR) is 99.1 cm³/mol. The first-order chi connectivity index (χ1) is 11.7. The van der Waals surface area contributed by atoms with Crippen molar-refractivity contribution in [1.82, 2.24) is 10.7 Å². The molecule has 6 nitrogen and oxygen atoms in total. The highest BCUT2D eigenvalue weighted by molar-refractivity contribution is 7.80. The van der Waals surface area contributed by atoms with Crippen molar-refractivity contribution in [3.8, 4) is 11.5 Å². The van der Waals surface area contributed by atoms with Gasteiger partial charge in [-0.25, -0.2) is 0 Å². The van der Waals surface area contributed by atoms with Gasteiger partial charge >= 0.3 is 0 Å². The van der Waals surface area contributed by atoms with E-state index in [-0.39, 0.29) is 6.10 Å². The average molecular weight is 351 g/mol. The fourth-order valence-corrected chi connectivity index (χ4v) is 2.45. The number of nitrogens with zero attached hydrogens (tertiary/aromatic N) is 1. The van der Waals surface area contributed by atoms with E-state index in [4.69, 9.17) is 26.4 Å². The second-order valence-corrected chi connectivity index (χ2v) is 5.88. The summed E-state index contributed by atoms with van der Waals surface area (Å²) in [5.74, 6) is 1.42. The van der Waals surface area contributed by atoms with Gasteiger partial charge in [-0.2, -0.15) is 5.10 Å². The maximum absolute atomic E-state index is 5.68. The third kappa shape index (κ3) is 5.98. The summed E-state index contributed by atoms with van der Waals surface area (Å²) >= 11 is 5.19. The fourth-order valence-electron chi connectivity index (χ4n) is 2.32. The van der Waals surface area contributed by atoms with E-state index in [9.17, 15) is 0 Å². The SMILES string of the molecule is CCCOc1cc(/C=N\NC(=S)NC[C@@H]2CCCO2)ccc1OC. The molecule has 132 valence electrons. The van der Waals surface area contributed by atoms with Gasteiger partial charge in [0.05, 0.1) is 26.0 Å². The summed E-state index contributed by atoms with van der Waals surface area (Å²) in [7, 11) is 1.63. The zero-order valence-electron chi connectivity index (χ0n) is 14.2. The normalized spacial score (nSPS) is 17.0. The van der Waals surface area contributed by atoms with Gasteiger partial charge in [0, 0.05) is 13.2 Å². The minimum atomic E-state index is 0.244. The van der Waals surface area contributed by atoms with Crippen LogP contribution < -0.4 is 20.2 Å². The molecule has 1 aromatic carbocycles. The van der Waals surface area contributed by atoms with E-state index >= 15 is 0 Å². The molecular weight excluding hydrogens is 326 g/mol. The van der Waals surface area contributed by atoms with Crippen molar-refractivity contribution >= 4 is 23.5 Å². The van der Waals surface area contributed by atoms with E-state index in [1.54, 1.807) is 13.3 Å². The van der Waals surface area contributed by atoms with Crippen molar-refractivity contribution in [2.75, 3.05) is 26.9 Å². The number of thiocarbonyl (C=S) groups is 1. The van der Waals surface area contributed by atoms with Crippen molar-refractivity contribution in [2.45, 2.75) is 32.3 Å². The molecule has 0 bridgehead atoms. The van der Waals surface area contributed by atoms with Crippen LogP contribution in [-0.4, -0.2) is 44.3 Å². The molecule has 0 aliphatic carbocycles. The van der Waals surface area contributed by atoms with Gasteiger partial charge in [-0.15, -0.1) is 0 Å². The first kappa shape index (κ1) is 18.5. The highest BCUT2D eigenvalue weighted by Crippen LogP contribution is 2.27. The van der Waals surface area contributed by atoms with Crippen LogP contribution in [0.1, 0.15) is 31.7 Å². The van der Waals surface area contributed by atoms with E-state index in [2.05, 4.69) is 22.8 Å². The van der Waals surface area contributed by atoms with Crippen LogP contribution in [0, 0.1) is 0 Å². The molecule has 1 aromatic rings. The average Bonchev–Trinajstić information content (AvgIpc) is 3.12. The number of benzene rings is 1. The van der Waals surface area contributed by atoms with Crippen LogP contribution >= 0.6 is 12.2 Å². The Kier molecular flexibility index (Phi) is 7.77. The molecule has 2 N–H and O–H groups in total. The summed E-state index contributed by atoms with van der Waals surface area (Å²) < 4.78 is 16.5. The Balaban J connectivity index is 1.82. The number of rotatable bonds is 8. The predicted octanol–water partition coefficient (Wildman–Crippen LogP) is 2.46. The number of hydrogen-bond donors (Lipinski definition) is 2. The largest absolute Gasteiger partial charge is 0.493 e. The summed E-state index contributed by atoms with van der Waals surface area (Å²) in [6.45, 7) is 4.25. The molecule has 1 saturated heterocycles. The molecule has 1 fully saturated rings. The second-order valence-electron chi connectivity index (χ2n) is 5.47. The lowest BCUT2D eigenvalue weighted by atomic mass is 10.2. The van der Waals surface area contributed by atoms with Crippen molar-refractivity contribution in [3.63, 3.8) is 0 Å². The monoisotopic (exact) mass is 351 g/mol. The third-order valence-electron chi connectivity index (χ3n) is 3.54. The van der Waals surface area contributed by atoms with Crippen LogP contribution in [0.15, 0.2) is 23.3 Å². The van der Waals surface area contributed by atoms with Crippen LogP contribution in [-0.2, 0) is 4.74 Å². The minimum Gasteiger partial charge on any atom is -0.493 e. The zero-order valence-corrected chi connectivity index (χ0v) is 15.0. The quantitative estimate of drug-likeness (QED) is 0.426. The molecule has 1 aliphatic rings. The highest BCUT2D eigenvalue weighted by atomic mass is 32.1. The van der Waals surface area contributed by atoms with Gasteiger partial charge in [0.15, 0.2) is 16.6 Å². The second kappa shape index (κ2) is 10.1. The van der Waals surface area contributed by atoms with Crippen LogP contribution in [0.2, 0.25) is 0 Å². The Hall–Kier alpha value is -1.86. The molecule has 0 unspecified atom stereocenters. The van der Waals surface area contributed by atoms with Gasteiger partial charge in [-0.1, -0.05) is 6.92 Å². The van der Waals surface area contributed by atoms with Crippen LogP contribution in [0.4, 0.5) is 0 Å². The number of methoxy groups -OCH3 is 1. The molecule has 0 aromatic heterocycles. The van der Waals surface area contributed by atoms with Crippen molar-refractivity contribution in [1.29, 1.82) is 0 Å². The lowest BCUT2D eigenvalue weighted by Crippen LogP contribution is -2.37. The van der Waals surface area contributed by atoms with E-state index in [0.717, 1.165) is 31.4 Å². The summed E-state index contributed by atoms with van der Waals surface area (Å²) in [4.78, 5) is 0. The maximum Gasteiger partial charge on any atom is 0.187 e. The summed E-state index contributed by atoms with van der Waals surface area (Å²) in [5, 5.41) is 7.74. The Morgan fingerprint density at radius 3 is 3.04 bits per heavy atom.